The molecule has 0 aromatic heterocycles. The van der Waals surface area contributed by atoms with Gasteiger partial charge >= 0.3 is 0 Å². The third kappa shape index (κ3) is 4.34. The second-order valence-corrected chi connectivity index (χ2v) is 9.07. The number of benzene rings is 2. The molecule has 0 atom stereocenters. The van der Waals surface area contributed by atoms with Crippen molar-refractivity contribution >= 4 is 37.5 Å². The summed E-state index contributed by atoms with van der Waals surface area (Å²) in [6.45, 7) is 1.10. The lowest BCUT2D eigenvalue weighted by atomic mass is 10.2. The molecule has 0 aliphatic carbocycles. The number of nitrogens with zero attached hydrogens (tertiary/aromatic N) is 1. The maximum atomic E-state index is 12.9. The van der Waals surface area contributed by atoms with E-state index in [0.717, 1.165) is 25.7 Å². The number of halogens is 1. The van der Waals surface area contributed by atoms with Gasteiger partial charge in [-0.3, -0.25) is 4.79 Å². The lowest BCUT2D eigenvalue weighted by molar-refractivity contribution is 0.102. The number of nitrogens with one attached hydrogen (secondary N) is 1. The maximum absolute atomic E-state index is 12.9. The molecule has 138 valence electrons. The molecule has 26 heavy (non-hydrogen) atoms. The summed E-state index contributed by atoms with van der Waals surface area (Å²) in [5.41, 5.74) is 0.954. The minimum Gasteiger partial charge on any atom is -0.322 e. The molecule has 0 bridgehead atoms. The Morgan fingerprint density at radius 2 is 1.65 bits per heavy atom. The van der Waals surface area contributed by atoms with Crippen molar-refractivity contribution < 1.29 is 13.2 Å². The van der Waals surface area contributed by atoms with Gasteiger partial charge in [0.1, 0.15) is 0 Å². The number of hydrogen-bond acceptors (Lipinski definition) is 3. The number of rotatable bonds is 4. The van der Waals surface area contributed by atoms with Gasteiger partial charge in [-0.2, -0.15) is 4.31 Å². The Morgan fingerprint density at radius 3 is 2.35 bits per heavy atom. The van der Waals surface area contributed by atoms with Crippen LogP contribution in [0, 0.1) is 0 Å². The minimum atomic E-state index is -3.54. The van der Waals surface area contributed by atoms with Crippen molar-refractivity contribution in [1.82, 2.24) is 4.31 Å². The van der Waals surface area contributed by atoms with Crippen LogP contribution in [-0.4, -0.2) is 31.7 Å². The third-order valence-corrected chi connectivity index (χ3v) is 7.00. The van der Waals surface area contributed by atoms with Crippen molar-refractivity contribution in [3.05, 3.63) is 58.6 Å². The summed E-state index contributed by atoms with van der Waals surface area (Å²) in [4.78, 5) is 12.7. The van der Waals surface area contributed by atoms with Gasteiger partial charge in [-0.05, 0) is 59.1 Å². The fourth-order valence-corrected chi connectivity index (χ4v) is 5.04. The first-order valence-corrected chi connectivity index (χ1v) is 10.9. The Kier molecular flexibility index (Phi) is 6.11. The topological polar surface area (TPSA) is 66.5 Å². The van der Waals surface area contributed by atoms with E-state index in [0.29, 0.717) is 28.8 Å². The summed E-state index contributed by atoms with van der Waals surface area (Å²) in [6, 6.07) is 13.5. The Balaban J connectivity index is 1.81. The molecule has 0 saturated carbocycles. The first kappa shape index (κ1) is 19.1. The van der Waals surface area contributed by atoms with E-state index in [1.165, 1.54) is 6.07 Å². The van der Waals surface area contributed by atoms with Gasteiger partial charge in [0.25, 0.3) is 5.91 Å². The molecule has 1 amide bonds. The number of sulfonamides is 1. The molecule has 2 aromatic carbocycles. The van der Waals surface area contributed by atoms with Gasteiger partial charge in [-0.15, -0.1) is 0 Å². The van der Waals surface area contributed by atoms with Crippen LogP contribution < -0.4 is 5.32 Å². The van der Waals surface area contributed by atoms with Crippen LogP contribution in [0.2, 0.25) is 0 Å². The summed E-state index contributed by atoms with van der Waals surface area (Å²) in [5.74, 6) is -0.290. The summed E-state index contributed by atoms with van der Waals surface area (Å²) < 4.78 is 28.1. The molecule has 1 saturated heterocycles. The van der Waals surface area contributed by atoms with Crippen molar-refractivity contribution in [2.24, 2.45) is 0 Å². The standard InChI is InChI=1S/C19H21BrN2O3S/c20-18-11-4-3-10-17(18)19(23)21-15-8-7-9-16(14-15)26(24,25)22-12-5-1-2-6-13-22/h3-4,7-11,14H,1-2,5-6,12-13H2,(H,21,23). The first-order chi connectivity index (χ1) is 12.5. The summed E-state index contributed by atoms with van der Waals surface area (Å²) in [5, 5.41) is 2.77. The van der Waals surface area contributed by atoms with Gasteiger partial charge in [0.05, 0.1) is 10.5 Å². The van der Waals surface area contributed by atoms with E-state index >= 15 is 0 Å². The van der Waals surface area contributed by atoms with Crippen molar-refractivity contribution in [3.63, 3.8) is 0 Å². The zero-order chi connectivity index (χ0) is 18.6. The highest BCUT2D eigenvalue weighted by Crippen LogP contribution is 2.24. The molecule has 0 spiro atoms. The van der Waals surface area contributed by atoms with Crippen LogP contribution >= 0.6 is 15.9 Å². The average Bonchev–Trinajstić information content (AvgIpc) is 2.92. The van der Waals surface area contributed by atoms with E-state index in [1.807, 2.05) is 6.07 Å². The van der Waals surface area contributed by atoms with Crippen LogP contribution in [0.5, 0.6) is 0 Å². The summed E-state index contributed by atoms with van der Waals surface area (Å²) >= 11 is 3.35. The second-order valence-electron chi connectivity index (χ2n) is 6.28. The van der Waals surface area contributed by atoms with Crippen LogP contribution in [0.1, 0.15) is 36.0 Å². The largest absolute Gasteiger partial charge is 0.322 e. The van der Waals surface area contributed by atoms with E-state index < -0.39 is 10.0 Å². The number of carbonyl (C=O) groups excluding carboxylic acids is 1. The van der Waals surface area contributed by atoms with Gasteiger partial charge < -0.3 is 5.32 Å². The fourth-order valence-electron chi connectivity index (χ4n) is 3.01. The molecule has 1 aliphatic heterocycles. The zero-order valence-corrected chi connectivity index (χ0v) is 16.7. The van der Waals surface area contributed by atoms with Crippen molar-refractivity contribution in [1.29, 1.82) is 0 Å². The van der Waals surface area contributed by atoms with Crippen LogP contribution in [-0.2, 0) is 10.0 Å². The molecule has 3 rings (SSSR count). The van der Waals surface area contributed by atoms with Gasteiger partial charge in [0.15, 0.2) is 0 Å². The molecule has 0 unspecified atom stereocenters. The van der Waals surface area contributed by atoms with E-state index in [-0.39, 0.29) is 10.8 Å². The highest BCUT2D eigenvalue weighted by atomic mass is 79.9. The quantitative estimate of drug-likeness (QED) is 0.777. The highest BCUT2D eigenvalue weighted by Gasteiger charge is 2.25. The van der Waals surface area contributed by atoms with Gasteiger partial charge in [-0.25, -0.2) is 8.42 Å². The minimum absolute atomic E-state index is 0.212. The fraction of sp³-hybridized carbons (Fsp3) is 0.316. The molecule has 7 heteroatoms. The predicted octanol–water partition coefficient (Wildman–Crippen LogP) is 4.27. The van der Waals surface area contributed by atoms with Crippen molar-refractivity contribution in [2.45, 2.75) is 30.6 Å². The highest BCUT2D eigenvalue weighted by molar-refractivity contribution is 9.10. The lowest BCUT2D eigenvalue weighted by Crippen LogP contribution is -2.32. The van der Waals surface area contributed by atoms with Crippen LogP contribution in [0.25, 0.3) is 0 Å². The smallest absolute Gasteiger partial charge is 0.256 e. The lowest BCUT2D eigenvalue weighted by Gasteiger charge is -2.20. The summed E-state index contributed by atoms with van der Waals surface area (Å²) in [7, 11) is -3.54. The van der Waals surface area contributed by atoms with Crippen molar-refractivity contribution in [3.8, 4) is 0 Å². The van der Waals surface area contributed by atoms with Gasteiger partial charge in [0, 0.05) is 23.2 Å². The molecule has 1 aliphatic rings. The predicted molar refractivity (Wildman–Crippen MR) is 106 cm³/mol. The molecule has 1 heterocycles. The van der Waals surface area contributed by atoms with Crippen LogP contribution in [0.15, 0.2) is 57.9 Å². The van der Waals surface area contributed by atoms with Crippen LogP contribution in [0.4, 0.5) is 5.69 Å². The number of carbonyl (C=O) groups is 1. The monoisotopic (exact) mass is 436 g/mol. The SMILES string of the molecule is O=C(Nc1cccc(S(=O)(=O)N2CCCCCC2)c1)c1ccccc1Br. The molecule has 1 N–H and O–H groups in total. The zero-order valence-electron chi connectivity index (χ0n) is 14.3. The maximum Gasteiger partial charge on any atom is 0.256 e. The molecule has 5 nitrogen and oxygen atoms in total. The molecular weight excluding hydrogens is 416 g/mol. The Morgan fingerprint density at radius 1 is 0.962 bits per heavy atom. The normalized spacial score (nSPS) is 16.0. The number of hydrogen-bond donors (Lipinski definition) is 1. The Labute approximate surface area is 162 Å². The Bertz CT molecular complexity index is 891. The number of amides is 1. The molecule has 1 fully saturated rings. The van der Waals surface area contributed by atoms with E-state index in [1.54, 1.807) is 40.7 Å². The van der Waals surface area contributed by atoms with Gasteiger partial charge in [0.2, 0.25) is 10.0 Å². The van der Waals surface area contributed by atoms with E-state index in [9.17, 15) is 13.2 Å². The average molecular weight is 437 g/mol. The second kappa shape index (κ2) is 8.33. The number of anilines is 1. The summed E-state index contributed by atoms with van der Waals surface area (Å²) in [6.07, 6.45) is 3.90. The first-order valence-electron chi connectivity index (χ1n) is 8.64. The van der Waals surface area contributed by atoms with Gasteiger partial charge in [-0.1, -0.05) is 31.0 Å². The molecular formula is C19H21BrN2O3S. The van der Waals surface area contributed by atoms with Crippen LogP contribution in [0.3, 0.4) is 0 Å². The molecule has 2 aromatic rings. The van der Waals surface area contributed by atoms with E-state index in [2.05, 4.69) is 21.2 Å². The Hall–Kier alpha value is -1.70. The molecule has 0 radical (unpaired) electrons. The third-order valence-electron chi connectivity index (χ3n) is 4.41. The van der Waals surface area contributed by atoms with Crippen molar-refractivity contribution in [2.75, 3.05) is 18.4 Å². The van der Waals surface area contributed by atoms with E-state index in [4.69, 9.17) is 0 Å².